The Labute approximate surface area is 160 Å². The molecule has 0 aromatic carbocycles. The van der Waals surface area contributed by atoms with Crippen molar-refractivity contribution >= 4 is 11.9 Å². The summed E-state index contributed by atoms with van der Waals surface area (Å²) < 4.78 is 6.47. The fraction of sp³-hybridized carbons (Fsp3) is 0.684. The van der Waals surface area contributed by atoms with Gasteiger partial charge in [0.05, 0.1) is 19.1 Å². The molecule has 2 unspecified atom stereocenters. The number of esters is 1. The molecule has 1 N–H and O–H groups in total. The molecule has 0 fully saturated rings. The second-order valence-electron chi connectivity index (χ2n) is 6.71. The first-order valence-corrected chi connectivity index (χ1v) is 8.97. The molecule has 0 saturated heterocycles. The van der Waals surface area contributed by atoms with E-state index >= 15 is 0 Å². The lowest BCUT2D eigenvalue weighted by Crippen LogP contribution is -2.40. The minimum absolute atomic E-state index is 0.0254. The largest absolute Gasteiger partial charge is 0.481 e. The molecule has 0 spiro atoms. The molecule has 0 radical (unpaired) electrons. The van der Waals surface area contributed by atoms with Crippen molar-refractivity contribution in [2.45, 2.75) is 70.4 Å². The van der Waals surface area contributed by atoms with Crippen molar-refractivity contribution in [1.29, 1.82) is 10.5 Å². The first-order valence-electron chi connectivity index (χ1n) is 8.97. The third kappa shape index (κ3) is 8.96. The van der Waals surface area contributed by atoms with E-state index in [9.17, 15) is 20.1 Å². The molecular weight excluding hydrogens is 348 g/mol. The van der Waals surface area contributed by atoms with Crippen LogP contribution in [-0.4, -0.2) is 46.0 Å². The maximum absolute atomic E-state index is 11.8. The number of ether oxygens (including phenoxy) is 1. The summed E-state index contributed by atoms with van der Waals surface area (Å²) in [5.41, 5.74) is -2.47. The van der Waals surface area contributed by atoms with E-state index in [0.717, 1.165) is 12.8 Å². The summed E-state index contributed by atoms with van der Waals surface area (Å²) in [6.45, 7) is 9.27. The number of nitriles is 2. The van der Waals surface area contributed by atoms with Gasteiger partial charge in [0.15, 0.2) is 6.54 Å². The molecule has 8 heteroatoms. The molecule has 27 heavy (non-hydrogen) atoms. The molecule has 0 heterocycles. The van der Waals surface area contributed by atoms with Crippen LogP contribution in [0.25, 0.3) is 0 Å². The summed E-state index contributed by atoms with van der Waals surface area (Å²) in [6, 6.07) is 4.16. The highest BCUT2D eigenvalue weighted by molar-refractivity contribution is 5.69. The van der Waals surface area contributed by atoms with E-state index in [1.807, 2.05) is 6.92 Å². The number of carboxylic acid groups (broad SMARTS) is 1. The fourth-order valence-electron chi connectivity index (χ4n) is 2.21. The van der Waals surface area contributed by atoms with Crippen LogP contribution in [0.2, 0.25) is 0 Å². The third-order valence-electron chi connectivity index (χ3n) is 4.10. The van der Waals surface area contributed by atoms with Gasteiger partial charge in [-0.25, -0.2) is 0 Å². The summed E-state index contributed by atoms with van der Waals surface area (Å²) in [7, 11) is 0. The van der Waals surface area contributed by atoms with Crippen molar-refractivity contribution in [3.8, 4) is 12.1 Å². The average molecular weight is 377 g/mol. The predicted molar refractivity (Wildman–Crippen MR) is 97.8 cm³/mol. The van der Waals surface area contributed by atoms with Crippen LogP contribution in [0.15, 0.2) is 17.8 Å². The monoisotopic (exact) mass is 377 g/mol. The molecule has 0 bridgehead atoms. The van der Waals surface area contributed by atoms with Gasteiger partial charge in [-0.2, -0.15) is 10.5 Å². The summed E-state index contributed by atoms with van der Waals surface area (Å²) in [6.07, 6.45) is 3.20. The Morgan fingerprint density at radius 1 is 1.26 bits per heavy atom. The van der Waals surface area contributed by atoms with Crippen LogP contribution in [-0.2, 0) is 14.3 Å². The minimum atomic E-state index is -1.26. The summed E-state index contributed by atoms with van der Waals surface area (Å²) >= 11 is 0. The van der Waals surface area contributed by atoms with Crippen molar-refractivity contribution in [2.75, 3.05) is 13.2 Å². The SMILES string of the molecule is C=CC[N+](=NC(C)(C#N)CCC(=O)OCCCC)C(C)(C#N)CCC(=O)O. The Kier molecular flexibility index (Phi) is 10.6. The van der Waals surface area contributed by atoms with Gasteiger partial charge in [0, 0.05) is 26.2 Å². The van der Waals surface area contributed by atoms with Crippen molar-refractivity contribution in [3.63, 3.8) is 0 Å². The minimum Gasteiger partial charge on any atom is -0.481 e. The smallest absolute Gasteiger partial charge is 0.305 e. The van der Waals surface area contributed by atoms with Crippen molar-refractivity contribution in [2.24, 2.45) is 5.11 Å². The van der Waals surface area contributed by atoms with Gasteiger partial charge in [0.25, 0.3) is 5.54 Å². The highest BCUT2D eigenvalue weighted by Gasteiger charge is 2.41. The van der Waals surface area contributed by atoms with Gasteiger partial charge in [-0.3, -0.25) is 9.59 Å². The van der Waals surface area contributed by atoms with Gasteiger partial charge < -0.3 is 9.84 Å². The van der Waals surface area contributed by atoms with Gasteiger partial charge in [0.1, 0.15) is 6.07 Å². The van der Waals surface area contributed by atoms with E-state index in [1.165, 1.54) is 10.8 Å². The van der Waals surface area contributed by atoms with Crippen LogP contribution >= 0.6 is 0 Å². The number of hydrogen-bond acceptors (Lipinski definition) is 6. The normalized spacial score (nSPS) is 15.5. The number of azo groups is 2. The molecule has 0 saturated carbocycles. The zero-order chi connectivity index (χ0) is 20.9. The second-order valence-corrected chi connectivity index (χ2v) is 6.71. The lowest BCUT2D eigenvalue weighted by Gasteiger charge is -2.20. The summed E-state index contributed by atoms with van der Waals surface area (Å²) in [5.74, 6) is -1.42. The Hall–Kier alpha value is -2.74. The van der Waals surface area contributed by atoms with E-state index in [0.29, 0.717) is 6.61 Å². The Morgan fingerprint density at radius 3 is 2.41 bits per heavy atom. The van der Waals surface area contributed by atoms with Gasteiger partial charge in [0.2, 0.25) is 5.54 Å². The molecule has 0 rings (SSSR count). The molecular formula is C19H29N4O4+. The maximum Gasteiger partial charge on any atom is 0.305 e. The molecule has 0 aliphatic heterocycles. The lowest BCUT2D eigenvalue weighted by atomic mass is 9.96. The average Bonchev–Trinajstić information content (AvgIpc) is 2.64. The van der Waals surface area contributed by atoms with E-state index in [-0.39, 0.29) is 32.2 Å². The number of hydrogen-bond donors (Lipinski definition) is 1. The highest BCUT2D eigenvalue weighted by Crippen LogP contribution is 2.23. The first-order chi connectivity index (χ1) is 12.7. The number of carbonyl (C=O) groups excluding carboxylic acids is 1. The van der Waals surface area contributed by atoms with Crippen LogP contribution in [0.4, 0.5) is 0 Å². The van der Waals surface area contributed by atoms with Crippen molar-refractivity contribution in [1.82, 2.24) is 0 Å². The molecule has 148 valence electrons. The maximum atomic E-state index is 11.8. The topological polar surface area (TPSA) is 127 Å². The quantitative estimate of drug-likeness (QED) is 0.173. The van der Waals surface area contributed by atoms with Crippen molar-refractivity contribution in [3.05, 3.63) is 12.7 Å². The van der Waals surface area contributed by atoms with E-state index < -0.39 is 23.0 Å². The van der Waals surface area contributed by atoms with Crippen LogP contribution in [0, 0.1) is 22.7 Å². The zero-order valence-electron chi connectivity index (χ0n) is 16.4. The summed E-state index contributed by atoms with van der Waals surface area (Å²) in [5, 5.41) is 32.4. The number of nitrogens with zero attached hydrogens (tertiary/aromatic N) is 4. The van der Waals surface area contributed by atoms with Crippen LogP contribution in [0.3, 0.4) is 0 Å². The van der Waals surface area contributed by atoms with E-state index in [1.54, 1.807) is 13.8 Å². The Morgan fingerprint density at radius 2 is 1.93 bits per heavy atom. The van der Waals surface area contributed by atoms with Crippen LogP contribution in [0.5, 0.6) is 0 Å². The molecule has 0 aromatic heterocycles. The van der Waals surface area contributed by atoms with E-state index in [4.69, 9.17) is 9.84 Å². The lowest BCUT2D eigenvalue weighted by molar-refractivity contribution is -0.647. The third-order valence-corrected chi connectivity index (χ3v) is 4.10. The van der Waals surface area contributed by atoms with Crippen LogP contribution in [0.1, 0.15) is 59.3 Å². The fourth-order valence-corrected chi connectivity index (χ4v) is 2.21. The van der Waals surface area contributed by atoms with Gasteiger partial charge in [-0.1, -0.05) is 19.9 Å². The zero-order valence-corrected chi connectivity index (χ0v) is 16.4. The molecule has 0 aromatic rings. The standard InChI is InChI=1S/C19H28N4O4/c1-5-7-13-27-17(26)9-10-18(3,14-20)22-23(12-6-2)19(4,15-21)11-8-16(24)25/h6H,2,5,7-13H2,1,3-4H3/p+1. The number of unbranched alkanes of at least 4 members (excludes halogenated alkanes) is 1. The number of rotatable bonds is 13. The van der Waals surface area contributed by atoms with Gasteiger partial charge in [-0.05, 0) is 24.5 Å². The molecule has 0 aliphatic rings. The van der Waals surface area contributed by atoms with Crippen molar-refractivity contribution < 1.29 is 24.1 Å². The second kappa shape index (κ2) is 11.8. The van der Waals surface area contributed by atoms with E-state index in [2.05, 4.69) is 23.8 Å². The van der Waals surface area contributed by atoms with Gasteiger partial charge >= 0.3 is 11.9 Å². The highest BCUT2D eigenvalue weighted by atomic mass is 16.5. The predicted octanol–water partition coefficient (Wildman–Crippen LogP) is 3.19. The summed E-state index contributed by atoms with van der Waals surface area (Å²) in [4.78, 5) is 22.7. The molecule has 2 atom stereocenters. The first kappa shape index (κ1) is 24.3. The molecule has 0 aliphatic carbocycles. The Balaban J connectivity index is 5.40. The Bertz CT molecular complexity index is 647. The van der Waals surface area contributed by atoms with Gasteiger partial charge in [-0.15, -0.1) is 4.70 Å². The molecule has 0 amide bonds. The van der Waals surface area contributed by atoms with Crippen LogP contribution < -0.4 is 0 Å². The number of aliphatic carboxylic acids is 1. The number of carboxylic acids is 1. The number of carbonyl (C=O) groups is 2. The molecule has 8 nitrogen and oxygen atoms in total.